The maximum absolute atomic E-state index is 13.1. The molecule has 0 bridgehead atoms. The average molecular weight is 314 g/mol. The van der Waals surface area contributed by atoms with Gasteiger partial charge in [0, 0.05) is 32.7 Å². The molecule has 2 rings (SSSR count). The maximum atomic E-state index is 13.1. The van der Waals surface area contributed by atoms with Crippen LogP contribution in [0.15, 0.2) is 48.5 Å². The van der Waals surface area contributed by atoms with Gasteiger partial charge >= 0.3 is 0 Å². The fourth-order valence-electron chi connectivity index (χ4n) is 2.35. The van der Waals surface area contributed by atoms with Crippen molar-refractivity contribution in [3.8, 4) is 0 Å². The van der Waals surface area contributed by atoms with Crippen LogP contribution < -0.4 is 10.2 Å². The first-order chi connectivity index (χ1) is 11.0. The first-order valence-electron chi connectivity index (χ1n) is 7.82. The van der Waals surface area contributed by atoms with E-state index in [1.54, 1.807) is 6.07 Å². The number of carbonyl (C=O) groups is 1. The van der Waals surface area contributed by atoms with Gasteiger partial charge in [-0.2, -0.15) is 0 Å². The Hall–Kier alpha value is -2.36. The monoisotopic (exact) mass is 314 g/mol. The highest BCUT2D eigenvalue weighted by atomic mass is 19.1. The zero-order chi connectivity index (χ0) is 16.7. The lowest BCUT2D eigenvalue weighted by molar-refractivity contribution is -0.121. The van der Waals surface area contributed by atoms with Crippen molar-refractivity contribution in [2.45, 2.75) is 19.3 Å². The van der Waals surface area contributed by atoms with Gasteiger partial charge in [0.25, 0.3) is 0 Å². The summed E-state index contributed by atoms with van der Waals surface area (Å²) >= 11 is 0. The van der Waals surface area contributed by atoms with E-state index in [0.29, 0.717) is 19.4 Å². The van der Waals surface area contributed by atoms with Gasteiger partial charge in [-0.05, 0) is 48.2 Å². The Morgan fingerprint density at radius 1 is 1.04 bits per heavy atom. The number of hydrogen-bond donors (Lipinski definition) is 1. The molecule has 1 amide bonds. The molecule has 0 radical (unpaired) electrons. The molecular formula is C19H23FN2O. The lowest BCUT2D eigenvalue weighted by Gasteiger charge is -2.12. The summed E-state index contributed by atoms with van der Waals surface area (Å²) in [5, 5.41) is 2.91. The van der Waals surface area contributed by atoms with Crippen LogP contribution >= 0.6 is 0 Å². The predicted molar refractivity (Wildman–Crippen MR) is 92.2 cm³/mol. The highest BCUT2D eigenvalue weighted by Gasteiger charge is 2.03. The van der Waals surface area contributed by atoms with Crippen LogP contribution in [0.5, 0.6) is 0 Å². The number of aryl methyl sites for hydroxylation is 1. The third-order valence-electron chi connectivity index (χ3n) is 3.72. The molecular weight excluding hydrogens is 291 g/mol. The van der Waals surface area contributed by atoms with Crippen LogP contribution in [0.1, 0.15) is 17.5 Å². The van der Waals surface area contributed by atoms with Crippen molar-refractivity contribution < 1.29 is 9.18 Å². The van der Waals surface area contributed by atoms with E-state index in [9.17, 15) is 9.18 Å². The van der Waals surface area contributed by atoms with E-state index in [-0.39, 0.29) is 11.7 Å². The summed E-state index contributed by atoms with van der Waals surface area (Å²) in [6.45, 7) is 0.614. The van der Waals surface area contributed by atoms with Crippen LogP contribution in [0.4, 0.5) is 10.1 Å². The number of halogens is 1. The van der Waals surface area contributed by atoms with Gasteiger partial charge in [-0.15, -0.1) is 0 Å². The van der Waals surface area contributed by atoms with Gasteiger partial charge in [0.2, 0.25) is 5.91 Å². The number of benzene rings is 2. The van der Waals surface area contributed by atoms with E-state index in [1.165, 1.54) is 17.7 Å². The first-order valence-corrected chi connectivity index (χ1v) is 7.82. The molecule has 0 heterocycles. The van der Waals surface area contributed by atoms with Gasteiger partial charge < -0.3 is 10.2 Å². The fraction of sp³-hybridized carbons (Fsp3) is 0.316. The number of rotatable bonds is 7. The van der Waals surface area contributed by atoms with Crippen molar-refractivity contribution >= 4 is 11.6 Å². The van der Waals surface area contributed by atoms with Crippen molar-refractivity contribution in [1.82, 2.24) is 5.32 Å². The summed E-state index contributed by atoms with van der Waals surface area (Å²) in [5.74, 6) is -0.261. The number of carbonyl (C=O) groups excluding carboxylic acids is 1. The van der Waals surface area contributed by atoms with E-state index in [4.69, 9.17) is 0 Å². The fourth-order valence-corrected chi connectivity index (χ4v) is 2.35. The Balaban J connectivity index is 1.70. The molecule has 0 fully saturated rings. The average Bonchev–Trinajstić information content (AvgIpc) is 2.53. The summed E-state index contributed by atoms with van der Waals surface area (Å²) < 4.78 is 13.1. The minimum absolute atomic E-state index is 0.000766. The minimum Gasteiger partial charge on any atom is -0.378 e. The molecule has 0 saturated carbocycles. The normalized spacial score (nSPS) is 10.4. The number of anilines is 1. The molecule has 4 heteroatoms. The van der Waals surface area contributed by atoms with Gasteiger partial charge in [-0.3, -0.25) is 4.79 Å². The molecule has 0 spiro atoms. The smallest absolute Gasteiger partial charge is 0.220 e. The Morgan fingerprint density at radius 3 is 2.43 bits per heavy atom. The van der Waals surface area contributed by atoms with Crippen molar-refractivity contribution in [3.05, 3.63) is 65.5 Å². The lowest BCUT2D eigenvalue weighted by Crippen LogP contribution is -2.25. The zero-order valence-corrected chi connectivity index (χ0v) is 13.7. The third kappa shape index (κ3) is 5.74. The highest BCUT2D eigenvalue weighted by molar-refractivity contribution is 5.76. The molecule has 3 nitrogen and oxygen atoms in total. The van der Waals surface area contributed by atoms with E-state index in [1.807, 2.05) is 20.2 Å². The van der Waals surface area contributed by atoms with Crippen molar-refractivity contribution in [2.75, 3.05) is 25.5 Å². The van der Waals surface area contributed by atoms with Gasteiger partial charge in [0.1, 0.15) is 5.82 Å². The summed E-state index contributed by atoms with van der Waals surface area (Å²) in [7, 11) is 4.02. The molecule has 122 valence electrons. The maximum Gasteiger partial charge on any atom is 0.220 e. The van der Waals surface area contributed by atoms with Gasteiger partial charge in [-0.25, -0.2) is 4.39 Å². The van der Waals surface area contributed by atoms with Crippen molar-refractivity contribution in [2.24, 2.45) is 0 Å². The molecule has 0 aliphatic rings. The largest absolute Gasteiger partial charge is 0.378 e. The summed E-state index contributed by atoms with van der Waals surface area (Å²) in [4.78, 5) is 13.9. The zero-order valence-electron chi connectivity index (χ0n) is 13.7. The second-order valence-electron chi connectivity index (χ2n) is 5.79. The van der Waals surface area contributed by atoms with Crippen molar-refractivity contribution in [3.63, 3.8) is 0 Å². The number of nitrogens with zero attached hydrogens (tertiary/aromatic N) is 1. The van der Waals surface area contributed by atoms with Crippen LogP contribution in [0.3, 0.4) is 0 Å². The molecule has 2 aromatic rings. The molecule has 0 aliphatic heterocycles. The Labute approximate surface area is 137 Å². The quantitative estimate of drug-likeness (QED) is 0.851. The topological polar surface area (TPSA) is 32.3 Å². The van der Waals surface area contributed by atoms with E-state index in [0.717, 1.165) is 17.7 Å². The van der Waals surface area contributed by atoms with Crippen LogP contribution in [0.25, 0.3) is 0 Å². The van der Waals surface area contributed by atoms with Gasteiger partial charge in [0.05, 0.1) is 0 Å². The summed E-state index contributed by atoms with van der Waals surface area (Å²) in [6, 6.07) is 14.7. The lowest BCUT2D eigenvalue weighted by atomic mass is 10.1. The standard InChI is InChI=1S/C19H23FN2O/c1-22(2)18-9-6-15(7-10-18)12-13-21-19(23)11-8-16-4-3-5-17(20)14-16/h3-7,9-10,14H,8,11-13H2,1-2H3,(H,21,23). The summed E-state index contributed by atoms with van der Waals surface area (Å²) in [5.41, 5.74) is 3.20. The van der Waals surface area contributed by atoms with Gasteiger partial charge in [0.15, 0.2) is 0 Å². The predicted octanol–water partition coefficient (Wildman–Crippen LogP) is 3.18. The van der Waals surface area contributed by atoms with Crippen LogP contribution in [-0.2, 0) is 17.6 Å². The molecule has 0 unspecified atom stereocenters. The Morgan fingerprint density at radius 2 is 1.78 bits per heavy atom. The van der Waals surface area contributed by atoms with Crippen LogP contribution in [0.2, 0.25) is 0 Å². The third-order valence-corrected chi connectivity index (χ3v) is 3.72. The van der Waals surface area contributed by atoms with Crippen LogP contribution in [0, 0.1) is 5.82 Å². The summed E-state index contributed by atoms with van der Waals surface area (Å²) in [6.07, 6.45) is 1.74. The Kier molecular flexibility index (Phi) is 6.15. The van der Waals surface area contributed by atoms with Crippen LogP contribution in [-0.4, -0.2) is 26.5 Å². The molecule has 0 atom stereocenters. The van der Waals surface area contributed by atoms with E-state index >= 15 is 0 Å². The molecule has 1 N–H and O–H groups in total. The molecule has 0 saturated heterocycles. The van der Waals surface area contributed by atoms with E-state index < -0.39 is 0 Å². The number of amides is 1. The second kappa shape index (κ2) is 8.32. The number of hydrogen-bond acceptors (Lipinski definition) is 2. The molecule has 2 aromatic carbocycles. The molecule has 0 aromatic heterocycles. The Bertz CT molecular complexity index is 638. The van der Waals surface area contributed by atoms with Gasteiger partial charge in [-0.1, -0.05) is 24.3 Å². The number of nitrogens with one attached hydrogen (secondary N) is 1. The highest BCUT2D eigenvalue weighted by Crippen LogP contribution is 2.12. The van der Waals surface area contributed by atoms with E-state index in [2.05, 4.69) is 34.5 Å². The minimum atomic E-state index is -0.260. The first kappa shape index (κ1) is 17.0. The SMILES string of the molecule is CN(C)c1ccc(CCNC(=O)CCc2cccc(F)c2)cc1. The second-order valence-corrected chi connectivity index (χ2v) is 5.79. The van der Waals surface area contributed by atoms with Crippen molar-refractivity contribution in [1.29, 1.82) is 0 Å². The molecule has 0 aliphatic carbocycles. The molecule has 23 heavy (non-hydrogen) atoms.